The maximum atomic E-state index is 12.4. The Hall–Kier alpha value is -0.910. The zero-order valence-electron chi connectivity index (χ0n) is 8.92. The molecule has 2 aliphatic rings. The molecule has 0 N–H and O–H groups in total. The minimum atomic E-state index is -3.55. The number of rotatable bonds is 2. The van der Waals surface area contributed by atoms with E-state index in [2.05, 4.69) is 0 Å². The zero-order valence-corrected chi connectivity index (χ0v) is 11.4. The largest absolute Gasteiger partial charge is 0.218 e. The molecule has 0 spiro atoms. The van der Waals surface area contributed by atoms with E-state index in [0.29, 0.717) is 22.6 Å². The Morgan fingerprint density at radius 1 is 0.882 bits per heavy atom. The summed E-state index contributed by atoms with van der Waals surface area (Å²) in [5.74, 6) is 0. The van der Waals surface area contributed by atoms with Crippen molar-refractivity contribution in [1.82, 2.24) is 0 Å². The zero-order chi connectivity index (χ0) is 12.5. The summed E-state index contributed by atoms with van der Waals surface area (Å²) in [4.78, 5) is 1.31. The standard InChI is InChI=1S/C12H10O2S3/c13-17(14,11-7-3-1-5-9(11)15)12-8-4-2-6-10(12)16/h1-4,7-8H,5-6H2. The Bertz CT molecular complexity index is 554. The molecular formula is C12H10O2S3. The van der Waals surface area contributed by atoms with Gasteiger partial charge in [0.2, 0.25) is 9.84 Å². The van der Waals surface area contributed by atoms with Gasteiger partial charge in [-0.15, -0.1) is 0 Å². The van der Waals surface area contributed by atoms with Crippen molar-refractivity contribution < 1.29 is 8.42 Å². The van der Waals surface area contributed by atoms with Crippen LogP contribution in [0.15, 0.2) is 46.3 Å². The first-order chi connectivity index (χ1) is 8.03. The van der Waals surface area contributed by atoms with E-state index in [9.17, 15) is 8.42 Å². The van der Waals surface area contributed by atoms with Crippen LogP contribution in [-0.2, 0) is 9.84 Å². The van der Waals surface area contributed by atoms with Crippen LogP contribution in [0, 0.1) is 0 Å². The van der Waals surface area contributed by atoms with Gasteiger partial charge in [0.25, 0.3) is 0 Å². The van der Waals surface area contributed by atoms with Crippen molar-refractivity contribution >= 4 is 44.0 Å². The third-order valence-electron chi connectivity index (χ3n) is 2.50. The van der Waals surface area contributed by atoms with Gasteiger partial charge in [0.1, 0.15) is 0 Å². The highest BCUT2D eigenvalue weighted by Gasteiger charge is 2.29. The molecule has 0 saturated heterocycles. The molecular weight excluding hydrogens is 272 g/mol. The normalized spacial score (nSPS) is 20.2. The van der Waals surface area contributed by atoms with Crippen LogP contribution in [0.1, 0.15) is 12.8 Å². The minimum Gasteiger partial charge on any atom is -0.218 e. The van der Waals surface area contributed by atoms with Gasteiger partial charge in [0, 0.05) is 22.6 Å². The van der Waals surface area contributed by atoms with Gasteiger partial charge in [-0.25, -0.2) is 8.42 Å². The Labute approximate surface area is 111 Å². The molecule has 17 heavy (non-hydrogen) atoms. The van der Waals surface area contributed by atoms with E-state index in [1.54, 1.807) is 24.3 Å². The molecule has 0 bridgehead atoms. The van der Waals surface area contributed by atoms with E-state index in [-0.39, 0.29) is 9.81 Å². The van der Waals surface area contributed by atoms with Crippen molar-refractivity contribution in [3.05, 3.63) is 46.3 Å². The lowest BCUT2D eigenvalue weighted by atomic mass is 10.2. The second-order valence-corrected chi connectivity index (χ2v) is 6.55. The van der Waals surface area contributed by atoms with Crippen molar-refractivity contribution in [3.63, 3.8) is 0 Å². The van der Waals surface area contributed by atoms with Crippen molar-refractivity contribution in [2.75, 3.05) is 0 Å². The molecule has 5 heteroatoms. The summed E-state index contributed by atoms with van der Waals surface area (Å²) >= 11 is 10.2. The van der Waals surface area contributed by atoms with Gasteiger partial charge in [-0.05, 0) is 12.2 Å². The summed E-state index contributed by atoms with van der Waals surface area (Å²) in [6, 6.07) is 0. The third-order valence-corrected chi connectivity index (χ3v) is 5.46. The first-order valence-electron chi connectivity index (χ1n) is 5.08. The molecule has 0 aromatic carbocycles. The Morgan fingerprint density at radius 2 is 1.29 bits per heavy atom. The summed E-state index contributed by atoms with van der Waals surface area (Å²) in [5.41, 5.74) is 0. The predicted molar refractivity (Wildman–Crippen MR) is 77.8 cm³/mol. The van der Waals surface area contributed by atoms with Crippen LogP contribution >= 0.6 is 24.4 Å². The van der Waals surface area contributed by atoms with Gasteiger partial charge in [-0.3, -0.25) is 0 Å². The van der Waals surface area contributed by atoms with E-state index >= 15 is 0 Å². The van der Waals surface area contributed by atoms with Crippen LogP contribution in [0.5, 0.6) is 0 Å². The number of hydrogen-bond acceptors (Lipinski definition) is 4. The number of thiocarbonyl (C=S) groups is 2. The number of sulfone groups is 1. The summed E-state index contributed by atoms with van der Waals surface area (Å²) in [5, 5.41) is 0. The van der Waals surface area contributed by atoms with Crippen LogP contribution in [-0.4, -0.2) is 18.1 Å². The molecule has 2 rings (SSSR count). The van der Waals surface area contributed by atoms with Gasteiger partial charge in [0.15, 0.2) is 0 Å². The van der Waals surface area contributed by atoms with Crippen molar-refractivity contribution in [3.8, 4) is 0 Å². The lowest BCUT2D eigenvalue weighted by Crippen LogP contribution is -2.19. The monoisotopic (exact) mass is 282 g/mol. The van der Waals surface area contributed by atoms with E-state index in [0.717, 1.165) is 0 Å². The van der Waals surface area contributed by atoms with Gasteiger partial charge >= 0.3 is 0 Å². The summed E-state index contributed by atoms with van der Waals surface area (Å²) in [7, 11) is -3.55. The number of hydrogen-bond donors (Lipinski definition) is 0. The molecule has 0 heterocycles. The van der Waals surface area contributed by atoms with Crippen LogP contribution in [0.2, 0.25) is 0 Å². The second-order valence-electron chi connectivity index (χ2n) is 3.68. The molecule has 0 saturated carbocycles. The maximum Gasteiger partial charge on any atom is 0.208 e. The van der Waals surface area contributed by atoms with Crippen LogP contribution in [0.25, 0.3) is 0 Å². The number of allylic oxidation sites excluding steroid dienone is 8. The predicted octanol–water partition coefficient (Wildman–Crippen LogP) is 2.83. The summed E-state index contributed by atoms with van der Waals surface area (Å²) in [6.07, 6.45) is 11.2. The molecule has 0 radical (unpaired) electrons. The Balaban J connectivity index is 2.50. The average molecular weight is 282 g/mol. The first-order valence-corrected chi connectivity index (χ1v) is 7.38. The van der Waals surface area contributed by atoms with Gasteiger partial charge in [-0.1, -0.05) is 48.7 Å². The molecule has 0 atom stereocenters. The summed E-state index contributed by atoms with van der Waals surface area (Å²) in [6.45, 7) is 0. The quantitative estimate of drug-likeness (QED) is 0.729. The second kappa shape index (κ2) is 4.76. The van der Waals surface area contributed by atoms with Crippen LogP contribution in [0.4, 0.5) is 0 Å². The van der Waals surface area contributed by atoms with E-state index < -0.39 is 9.84 Å². The highest BCUT2D eigenvalue weighted by molar-refractivity contribution is 8.03. The lowest BCUT2D eigenvalue weighted by molar-refractivity contribution is 0.610. The topological polar surface area (TPSA) is 34.1 Å². The fourth-order valence-electron chi connectivity index (χ4n) is 1.65. The van der Waals surface area contributed by atoms with Gasteiger partial charge < -0.3 is 0 Å². The fourth-order valence-corrected chi connectivity index (χ4v) is 4.15. The molecule has 2 aliphatic carbocycles. The molecule has 0 aromatic rings. The minimum absolute atomic E-state index is 0.207. The SMILES string of the molecule is O=S(=O)(C1=CC=CCC1=S)C1=CC=CCC1=S. The molecule has 0 fully saturated rings. The highest BCUT2D eigenvalue weighted by atomic mass is 32.2. The molecule has 2 nitrogen and oxygen atoms in total. The smallest absolute Gasteiger partial charge is 0.208 e. The fraction of sp³-hybridized carbons (Fsp3) is 0.167. The van der Waals surface area contributed by atoms with Crippen molar-refractivity contribution in [2.45, 2.75) is 12.8 Å². The van der Waals surface area contributed by atoms with Gasteiger partial charge in [-0.2, -0.15) is 0 Å². The van der Waals surface area contributed by atoms with Crippen LogP contribution < -0.4 is 0 Å². The maximum absolute atomic E-state index is 12.4. The third kappa shape index (κ3) is 2.36. The highest BCUT2D eigenvalue weighted by Crippen LogP contribution is 2.26. The molecule has 0 amide bonds. The van der Waals surface area contributed by atoms with Gasteiger partial charge in [0.05, 0.1) is 9.81 Å². The van der Waals surface area contributed by atoms with E-state index in [1.807, 2.05) is 12.2 Å². The van der Waals surface area contributed by atoms with Crippen molar-refractivity contribution in [1.29, 1.82) is 0 Å². The molecule has 88 valence electrons. The average Bonchev–Trinajstić information content (AvgIpc) is 2.29. The lowest BCUT2D eigenvalue weighted by Gasteiger charge is -2.15. The molecule has 0 aliphatic heterocycles. The van der Waals surface area contributed by atoms with Crippen molar-refractivity contribution in [2.24, 2.45) is 0 Å². The van der Waals surface area contributed by atoms with E-state index in [4.69, 9.17) is 24.4 Å². The molecule has 0 aromatic heterocycles. The summed E-state index contributed by atoms with van der Waals surface area (Å²) < 4.78 is 24.8. The molecule has 0 unspecified atom stereocenters. The van der Waals surface area contributed by atoms with Crippen LogP contribution in [0.3, 0.4) is 0 Å². The first kappa shape index (κ1) is 12.5. The Morgan fingerprint density at radius 3 is 1.65 bits per heavy atom. The van der Waals surface area contributed by atoms with E-state index in [1.165, 1.54) is 0 Å². The Kier molecular flexibility index (Phi) is 3.51.